The van der Waals surface area contributed by atoms with Crippen molar-refractivity contribution in [1.82, 2.24) is 5.32 Å². The van der Waals surface area contributed by atoms with Crippen LogP contribution in [0.1, 0.15) is 11.1 Å². The Kier molecular flexibility index (Phi) is 1.77. The molecular weight excluding hydrogens is 166 g/mol. The molecule has 65 valence electrons. The summed E-state index contributed by atoms with van der Waals surface area (Å²) in [5.74, 6) is -0.920. The van der Waals surface area contributed by atoms with E-state index in [0.29, 0.717) is 6.54 Å². The minimum Gasteiger partial charge on any atom is -0.478 e. The van der Waals surface area contributed by atoms with Crippen molar-refractivity contribution in [3.8, 4) is 0 Å². The van der Waals surface area contributed by atoms with Gasteiger partial charge in [-0.2, -0.15) is 0 Å². The van der Waals surface area contributed by atoms with Crippen LogP contribution in [0.4, 0.5) is 0 Å². The summed E-state index contributed by atoms with van der Waals surface area (Å²) in [5, 5.41) is 12.8. The van der Waals surface area contributed by atoms with Crippen molar-refractivity contribution in [2.45, 2.75) is 6.54 Å². The predicted molar refractivity (Wildman–Crippen MR) is 47.9 cm³/mol. The summed E-state index contributed by atoms with van der Waals surface area (Å²) in [7, 11) is 0. The topological polar surface area (TPSA) is 51.4 Å². The second-order valence-corrected chi connectivity index (χ2v) is 2.85. The number of hydrogen-bond donors (Lipinski definition) is 1. The highest BCUT2D eigenvalue weighted by Gasteiger charge is 2.17. The van der Waals surface area contributed by atoms with Crippen molar-refractivity contribution >= 4 is 11.5 Å². The minimum atomic E-state index is -0.920. The quantitative estimate of drug-likeness (QED) is 0.696. The molecular formula is C10H8NO2. The molecule has 0 saturated carbocycles. The van der Waals surface area contributed by atoms with Crippen molar-refractivity contribution < 1.29 is 9.90 Å². The smallest absolute Gasteiger partial charge is 0.337 e. The van der Waals surface area contributed by atoms with Crippen LogP contribution >= 0.6 is 0 Å². The molecule has 0 aromatic heterocycles. The maximum Gasteiger partial charge on any atom is 0.337 e. The lowest BCUT2D eigenvalue weighted by atomic mass is 9.98. The molecule has 1 aromatic carbocycles. The molecule has 0 aliphatic carbocycles. The fourth-order valence-electron chi connectivity index (χ4n) is 1.40. The Hall–Kier alpha value is -1.77. The number of carboxylic acids is 1. The van der Waals surface area contributed by atoms with Gasteiger partial charge in [0.2, 0.25) is 0 Å². The highest BCUT2D eigenvalue weighted by atomic mass is 16.4. The van der Waals surface area contributed by atoms with Gasteiger partial charge in [0.05, 0.1) is 12.1 Å². The highest BCUT2D eigenvalue weighted by Crippen LogP contribution is 2.22. The SMILES string of the molecule is O=C(O)C1=C[N]Cc2ccccc21. The van der Waals surface area contributed by atoms with Crippen LogP contribution in [-0.2, 0) is 11.3 Å². The van der Waals surface area contributed by atoms with Crippen LogP contribution in [-0.4, -0.2) is 11.1 Å². The molecule has 2 rings (SSSR count). The van der Waals surface area contributed by atoms with E-state index < -0.39 is 5.97 Å². The molecule has 0 atom stereocenters. The third-order valence-corrected chi connectivity index (χ3v) is 2.02. The Morgan fingerprint density at radius 1 is 1.38 bits per heavy atom. The van der Waals surface area contributed by atoms with Crippen LogP contribution in [0.2, 0.25) is 0 Å². The van der Waals surface area contributed by atoms with E-state index in [1.54, 1.807) is 0 Å². The summed E-state index contributed by atoms with van der Waals surface area (Å²) in [4.78, 5) is 10.8. The first-order chi connectivity index (χ1) is 6.29. The number of carbonyl (C=O) groups is 1. The van der Waals surface area contributed by atoms with Crippen molar-refractivity contribution in [3.63, 3.8) is 0 Å². The molecule has 0 fully saturated rings. The van der Waals surface area contributed by atoms with Crippen LogP contribution in [0.3, 0.4) is 0 Å². The van der Waals surface area contributed by atoms with Gasteiger partial charge >= 0.3 is 5.97 Å². The average molecular weight is 174 g/mol. The third kappa shape index (κ3) is 1.28. The van der Waals surface area contributed by atoms with Gasteiger partial charge in [0.1, 0.15) is 0 Å². The van der Waals surface area contributed by atoms with Gasteiger partial charge in [0, 0.05) is 6.20 Å². The second-order valence-electron chi connectivity index (χ2n) is 2.85. The van der Waals surface area contributed by atoms with Crippen LogP contribution in [0.5, 0.6) is 0 Å². The summed E-state index contributed by atoms with van der Waals surface area (Å²) < 4.78 is 0. The predicted octanol–water partition coefficient (Wildman–Crippen LogP) is 1.23. The van der Waals surface area contributed by atoms with E-state index in [-0.39, 0.29) is 5.57 Å². The van der Waals surface area contributed by atoms with Gasteiger partial charge < -0.3 is 5.11 Å². The molecule has 1 heterocycles. The summed E-state index contributed by atoms with van der Waals surface area (Å²) in [6.07, 6.45) is 1.42. The summed E-state index contributed by atoms with van der Waals surface area (Å²) in [6, 6.07) is 7.43. The van der Waals surface area contributed by atoms with E-state index in [9.17, 15) is 4.79 Å². The number of rotatable bonds is 1. The maximum atomic E-state index is 10.8. The van der Waals surface area contributed by atoms with Crippen LogP contribution in [0.15, 0.2) is 30.5 Å². The Labute approximate surface area is 75.7 Å². The zero-order valence-corrected chi connectivity index (χ0v) is 6.90. The van der Waals surface area contributed by atoms with E-state index >= 15 is 0 Å². The normalized spacial score (nSPS) is 14.0. The van der Waals surface area contributed by atoms with Gasteiger partial charge in [-0.05, 0) is 11.1 Å². The first-order valence-electron chi connectivity index (χ1n) is 3.97. The van der Waals surface area contributed by atoms with Crippen molar-refractivity contribution in [3.05, 3.63) is 41.6 Å². The van der Waals surface area contributed by atoms with E-state index in [0.717, 1.165) is 11.1 Å². The van der Waals surface area contributed by atoms with Crippen molar-refractivity contribution in [2.24, 2.45) is 0 Å². The van der Waals surface area contributed by atoms with Crippen LogP contribution in [0.25, 0.3) is 5.57 Å². The summed E-state index contributed by atoms with van der Waals surface area (Å²) in [6.45, 7) is 0.576. The molecule has 0 saturated heterocycles. The molecule has 0 spiro atoms. The molecule has 1 aromatic rings. The first-order valence-corrected chi connectivity index (χ1v) is 3.97. The lowest BCUT2D eigenvalue weighted by Gasteiger charge is -2.13. The van der Waals surface area contributed by atoms with Gasteiger partial charge in [-0.25, -0.2) is 4.79 Å². The van der Waals surface area contributed by atoms with Crippen molar-refractivity contribution in [2.75, 3.05) is 0 Å². The molecule has 1 N–H and O–H groups in total. The van der Waals surface area contributed by atoms with Gasteiger partial charge in [0.25, 0.3) is 0 Å². The lowest BCUT2D eigenvalue weighted by Crippen LogP contribution is -2.12. The fraction of sp³-hybridized carbons (Fsp3) is 0.100. The van der Waals surface area contributed by atoms with Crippen LogP contribution in [0, 0.1) is 0 Å². The highest BCUT2D eigenvalue weighted by molar-refractivity contribution is 6.16. The molecule has 1 aliphatic rings. The Balaban J connectivity index is 2.53. The van der Waals surface area contributed by atoms with Crippen molar-refractivity contribution in [1.29, 1.82) is 0 Å². The number of hydrogen-bond acceptors (Lipinski definition) is 1. The average Bonchev–Trinajstić information content (AvgIpc) is 2.17. The largest absolute Gasteiger partial charge is 0.478 e. The number of aliphatic carboxylic acids is 1. The fourth-order valence-corrected chi connectivity index (χ4v) is 1.40. The molecule has 1 aliphatic heterocycles. The van der Waals surface area contributed by atoms with Crippen LogP contribution < -0.4 is 5.32 Å². The summed E-state index contributed by atoms with van der Waals surface area (Å²) in [5.41, 5.74) is 2.04. The standard InChI is InChI=1S/C10H8NO2/c12-10(13)9-6-11-5-7-3-1-2-4-8(7)9/h1-4,6H,5H2,(H,12,13). The van der Waals surface area contributed by atoms with E-state index in [4.69, 9.17) is 5.11 Å². The van der Waals surface area contributed by atoms with E-state index in [1.807, 2.05) is 24.3 Å². The summed E-state index contributed by atoms with van der Waals surface area (Å²) >= 11 is 0. The Bertz CT molecular complexity index is 382. The molecule has 3 heteroatoms. The second kappa shape index (κ2) is 2.94. The Morgan fingerprint density at radius 2 is 2.15 bits per heavy atom. The number of carboxylic acid groups (broad SMARTS) is 1. The molecule has 3 nitrogen and oxygen atoms in total. The van der Waals surface area contributed by atoms with E-state index in [1.165, 1.54) is 6.20 Å². The molecule has 0 unspecified atom stereocenters. The minimum absolute atomic E-state index is 0.279. The number of benzene rings is 1. The molecule has 0 bridgehead atoms. The monoisotopic (exact) mass is 174 g/mol. The Morgan fingerprint density at radius 3 is 2.92 bits per heavy atom. The maximum absolute atomic E-state index is 10.8. The number of nitrogens with zero attached hydrogens (tertiary/aromatic N) is 1. The van der Waals surface area contributed by atoms with E-state index in [2.05, 4.69) is 5.32 Å². The zero-order valence-electron chi connectivity index (χ0n) is 6.90. The first kappa shape index (κ1) is 7.86. The van der Waals surface area contributed by atoms with Gasteiger partial charge in [0.15, 0.2) is 0 Å². The van der Waals surface area contributed by atoms with Gasteiger partial charge in [-0.3, -0.25) is 5.32 Å². The van der Waals surface area contributed by atoms with Gasteiger partial charge in [-0.1, -0.05) is 24.3 Å². The molecule has 1 radical (unpaired) electrons. The van der Waals surface area contributed by atoms with Gasteiger partial charge in [-0.15, -0.1) is 0 Å². The lowest BCUT2D eigenvalue weighted by molar-refractivity contribution is -0.130. The number of fused-ring (bicyclic) bond motifs is 1. The third-order valence-electron chi connectivity index (χ3n) is 2.02. The molecule has 0 amide bonds. The molecule has 13 heavy (non-hydrogen) atoms. The zero-order chi connectivity index (χ0) is 9.26.